The molecule has 0 amide bonds. The molecule has 0 radical (unpaired) electrons. The van der Waals surface area contributed by atoms with Crippen molar-refractivity contribution in [3.63, 3.8) is 0 Å². The van der Waals surface area contributed by atoms with E-state index in [1.54, 1.807) is 11.9 Å². The van der Waals surface area contributed by atoms with E-state index < -0.39 is 0 Å². The summed E-state index contributed by atoms with van der Waals surface area (Å²) in [5.74, 6) is -0.422. The van der Waals surface area contributed by atoms with Crippen LogP contribution in [0.1, 0.15) is 6.92 Å². The minimum absolute atomic E-state index is 0.197. The normalized spacial score (nSPS) is 17.7. The van der Waals surface area contributed by atoms with Crippen molar-refractivity contribution in [1.82, 2.24) is 4.90 Å². The highest BCUT2D eigenvalue weighted by Crippen LogP contribution is 2.34. The first kappa shape index (κ1) is 13.1. The number of nitrogens with zero attached hydrogens (tertiary/aromatic N) is 1. The van der Waals surface area contributed by atoms with E-state index in [0.29, 0.717) is 16.7 Å². The van der Waals surface area contributed by atoms with Gasteiger partial charge >= 0.3 is 0 Å². The van der Waals surface area contributed by atoms with Gasteiger partial charge in [0.15, 0.2) is 0 Å². The lowest BCUT2D eigenvalue weighted by Crippen LogP contribution is -2.29. The number of halogens is 3. The average Bonchev–Trinajstić information content (AvgIpc) is 2.23. The molecule has 0 N–H and O–H groups in total. The smallest absolute Gasteiger partial charge is 0.218 e. The Morgan fingerprint density at radius 3 is 1.93 bits per heavy atom. The van der Waals surface area contributed by atoms with Gasteiger partial charge in [-0.05, 0) is 54.7 Å². The number of Topliss-reactive ketones (excluding diaryl/α,β-unsaturated/α-hetero) is 2. The zero-order valence-electron chi connectivity index (χ0n) is 8.10. The van der Waals surface area contributed by atoms with Gasteiger partial charge < -0.3 is 4.90 Å². The van der Waals surface area contributed by atoms with Crippen molar-refractivity contribution in [3.8, 4) is 0 Å². The van der Waals surface area contributed by atoms with Gasteiger partial charge in [0.2, 0.25) is 11.6 Å². The van der Waals surface area contributed by atoms with Gasteiger partial charge in [0.05, 0.1) is 13.4 Å². The summed E-state index contributed by atoms with van der Waals surface area (Å²) >= 11 is 9.34. The molecule has 1 aliphatic rings. The van der Waals surface area contributed by atoms with Gasteiger partial charge in [-0.25, -0.2) is 0 Å². The van der Waals surface area contributed by atoms with Crippen LogP contribution in [0, 0.1) is 0 Å². The molecule has 15 heavy (non-hydrogen) atoms. The summed E-state index contributed by atoms with van der Waals surface area (Å²) in [6.45, 7) is 2.56. The van der Waals surface area contributed by atoms with E-state index in [-0.39, 0.29) is 20.5 Å². The molecule has 6 heteroatoms. The lowest BCUT2D eigenvalue weighted by molar-refractivity contribution is -0.116. The first-order chi connectivity index (χ1) is 6.91. The maximum absolute atomic E-state index is 11.9. The first-order valence-corrected chi connectivity index (χ1v) is 6.55. The highest BCUT2D eigenvalue weighted by molar-refractivity contribution is 9.15. The molecule has 0 aromatic carbocycles. The minimum Gasteiger partial charge on any atom is -0.371 e. The van der Waals surface area contributed by atoms with Crippen LogP contribution < -0.4 is 0 Å². The Kier molecular flexibility index (Phi) is 4.31. The Hall–Kier alpha value is 0.0600. The van der Waals surface area contributed by atoms with Gasteiger partial charge in [0.1, 0.15) is 5.70 Å². The van der Waals surface area contributed by atoms with Crippen molar-refractivity contribution in [2.75, 3.05) is 13.6 Å². The van der Waals surface area contributed by atoms with E-state index in [4.69, 9.17) is 0 Å². The summed E-state index contributed by atoms with van der Waals surface area (Å²) in [6, 6.07) is 0. The van der Waals surface area contributed by atoms with Crippen LogP contribution in [0.2, 0.25) is 0 Å². The number of hydrogen-bond acceptors (Lipinski definition) is 3. The number of carbonyl (C=O) groups is 2. The molecule has 0 aliphatic heterocycles. The summed E-state index contributed by atoms with van der Waals surface area (Å²) in [6.07, 6.45) is 0. The van der Waals surface area contributed by atoms with Crippen LogP contribution in [-0.4, -0.2) is 30.1 Å². The van der Waals surface area contributed by atoms with Gasteiger partial charge in [0, 0.05) is 13.6 Å². The van der Waals surface area contributed by atoms with Gasteiger partial charge in [0.25, 0.3) is 0 Å². The van der Waals surface area contributed by atoms with Crippen LogP contribution in [0.15, 0.2) is 19.1 Å². The van der Waals surface area contributed by atoms with E-state index in [1.807, 2.05) is 6.92 Å². The van der Waals surface area contributed by atoms with Gasteiger partial charge in [-0.3, -0.25) is 9.59 Å². The lowest BCUT2D eigenvalue weighted by Gasteiger charge is -2.24. The summed E-state index contributed by atoms with van der Waals surface area (Å²) in [4.78, 5) is 25.3. The molecule has 0 unspecified atom stereocenters. The first-order valence-electron chi connectivity index (χ1n) is 4.17. The molecule has 0 heterocycles. The van der Waals surface area contributed by atoms with Crippen LogP contribution in [0.3, 0.4) is 0 Å². The molecule has 0 saturated heterocycles. The van der Waals surface area contributed by atoms with Crippen molar-refractivity contribution < 1.29 is 9.59 Å². The standard InChI is InChI=1S/C9H8Br3NO2/c1-3-13(2)7-6(12)8(14)4(10)5(11)9(7)15/h3H2,1-2H3. The second kappa shape index (κ2) is 4.93. The van der Waals surface area contributed by atoms with Gasteiger partial charge in [-0.1, -0.05) is 0 Å². The average molecular weight is 402 g/mol. The van der Waals surface area contributed by atoms with Crippen LogP contribution in [0.25, 0.3) is 0 Å². The third-order valence-corrected chi connectivity index (χ3v) is 4.85. The van der Waals surface area contributed by atoms with E-state index >= 15 is 0 Å². The highest BCUT2D eigenvalue weighted by Gasteiger charge is 2.32. The zero-order chi connectivity index (χ0) is 11.7. The fraction of sp³-hybridized carbons (Fsp3) is 0.333. The molecular formula is C9H8Br3NO2. The Balaban J connectivity index is 3.29. The Bertz CT molecular complexity index is 398. The number of hydrogen-bond donors (Lipinski definition) is 0. The van der Waals surface area contributed by atoms with E-state index in [2.05, 4.69) is 47.8 Å². The predicted octanol–water partition coefficient (Wildman–Crippen LogP) is 2.70. The molecular weight excluding hydrogens is 394 g/mol. The molecule has 0 bridgehead atoms. The van der Waals surface area contributed by atoms with Gasteiger partial charge in [-0.2, -0.15) is 0 Å². The van der Waals surface area contributed by atoms with Crippen molar-refractivity contribution in [3.05, 3.63) is 19.1 Å². The van der Waals surface area contributed by atoms with Crippen LogP contribution >= 0.6 is 47.8 Å². The Morgan fingerprint density at radius 1 is 1.00 bits per heavy atom. The fourth-order valence-electron chi connectivity index (χ4n) is 1.11. The molecule has 0 fully saturated rings. The summed E-state index contributed by atoms with van der Waals surface area (Å²) in [7, 11) is 1.77. The van der Waals surface area contributed by atoms with Crippen LogP contribution in [0.4, 0.5) is 0 Å². The molecule has 0 aromatic rings. The molecule has 0 saturated carbocycles. The predicted molar refractivity (Wildman–Crippen MR) is 69.2 cm³/mol. The summed E-state index contributed by atoms with van der Waals surface area (Å²) < 4.78 is 0.825. The molecule has 0 atom stereocenters. The number of likely N-dealkylation sites (N-methyl/N-ethyl adjacent to an activating group) is 1. The van der Waals surface area contributed by atoms with E-state index in [0.717, 1.165) is 0 Å². The number of carbonyl (C=O) groups excluding carboxylic acids is 2. The number of allylic oxidation sites excluding steroid dienone is 3. The van der Waals surface area contributed by atoms with Crippen LogP contribution in [-0.2, 0) is 9.59 Å². The monoisotopic (exact) mass is 399 g/mol. The molecule has 1 rings (SSSR count). The minimum atomic E-state index is -0.225. The summed E-state index contributed by atoms with van der Waals surface area (Å²) in [5, 5.41) is 0. The quantitative estimate of drug-likeness (QED) is 0.668. The molecule has 82 valence electrons. The molecule has 1 aliphatic carbocycles. The van der Waals surface area contributed by atoms with Crippen molar-refractivity contribution in [2.45, 2.75) is 6.92 Å². The van der Waals surface area contributed by atoms with Crippen molar-refractivity contribution in [2.24, 2.45) is 0 Å². The van der Waals surface area contributed by atoms with Gasteiger partial charge in [-0.15, -0.1) is 0 Å². The SMILES string of the molecule is CCN(C)C1=C(Br)C(=O)C(Br)=C(Br)C1=O. The van der Waals surface area contributed by atoms with E-state index in [1.165, 1.54) is 0 Å². The topological polar surface area (TPSA) is 37.4 Å². The third kappa shape index (κ3) is 2.26. The third-order valence-electron chi connectivity index (χ3n) is 2.07. The van der Waals surface area contributed by atoms with Crippen molar-refractivity contribution in [1.29, 1.82) is 0 Å². The van der Waals surface area contributed by atoms with E-state index in [9.17, 15) is 9.59 Å². The largest absolute Gasteiger partial charge is 0.371 e. The second-order valence-corrected chi connectivity index (χ2v) is 5.34. The molecule has 3 nitrogen and oxygen atoms in total. The van der Waals surface area contributed by atoms with Crippen molar-refractivity contribution >= 4 is 59.4 Å². The summed E-state index contributed by atoms with van der Waals surface area (Å²) in [5.41, 5.74) is 0.387. The molecule has 0 spiro atoms. The maximum atomic E-state index is 11.9. The molecule has 0 aromatic heterocycles. The highest BCUT2D eigenvalue weighted by atomic mass is 79.9. The number of ketones is 2. The fourth-order valence-corrected chi connectivity index (χ4v) is 2.80. The zero-order valence-corrected chi connectivity index (χ0v) is 12.9. The second-order valence-electron chi connectivity index (χ2n) is 2.96. The Labute approximate surface area is 113 Å². The Morgan fingerprint density at radius 2 is 1.47 bits per heavy atom. The van der Waals surface area contributed by atoms with Crippen LogP contribution in [0.5, 0.6) is 0 Å². The maximum Gasteiger partial charge on any atom is 0.218 e. The lowest BCUT2D eigenvalue weighted by atomic mass is 10.1. The number of rotatable bonds is 2.